The second-order valence-corrected chi connectivity index (χ2v) is 4.92. The topological polar surface area (TPSA) is 112 Å². The van der Waals surface area contributed by atoms with Crippen LogP contribution in [0.2, 0.25) is 0 Å². The van der Waals surface area contributed by atoms with Gasteiger partial charge in [0.2, 0.25) is 12.3 Å². The average molecular weight is 277 g/mol. The quantitative estimate of drug-likeness (QED) is 0.444. The Hall–Kier alpha value is -2.32. The molecule has 0 aromatic carbocycles. The molecule has 0 amide bonds. The predicted octanol–water partition coefficient (Wildman–Crippen LogP) is 0.680. The van der Waals surface area contributed by atoms with Gasteiger partial charge in [-0.1, -0.05) is 12.1 Å². The molecule has 7 nitrogen and oxygen atoms in total. The second-order valence-electron chi connectivity index (χ2n) is 3.26. The highest BCUT2D eigenvalue weighted by Gasteiger charge is 2.13. The molecule has 0 radical (unpaired) electrons. The first-order valence-corrected chi connectivity index (χ1v) is 6.65. The molecule has 1 aromatic rings. The fourth-order valence-electron chi connectivity index (χ4n) is 1.15. The number of nitriles is 2. The molecule has 1 rings (SSSR count). The summed E-state index contributed by atoms with van der Waals surface area (Å²) in [4.78, 5) is 12.8. The molecule has 1 atom stereocenters. The minimum atomic E-state index is -1.27. The number of aromatic nitrogens is 2. The summed E-state index contributed by atoms with van der Waals surface area (Å²) in [6.45, 7) is 3.19. The molecule has 98 valence electrons. The Morgan fingerprint density at radius 2 is 2.32 bits per heavy atom. The lowest BCUT2D eigenvalue weighted by atomic mass is 10.3. The van der Waals surface area contributed by atoms with Gasteiger partial charge in [0, 0.05) is 5.75 Å². The minimum absolute atomic E-state index is 0.114. The first kappa shape index (κ1) is 14.7. The Labute approximate surface area is 113 Å². The minimum Gasteiger partial charge on any atom is -0.379 e. The van der Waals surface area contributed by atoms with Crippen LogP contribution in [0, 0.1) is 29.6 Å². The molecule has 19 heavy (non-hydrogen) atoms. The van der Waals surface area contributed by atoms with Crippen LogP contribution in [0.4, 0.5) is 0 Å². The van der Waals surface area contributed by atoms with E-state index >= 15 is 0 Å². The van der Waals surface area contributed by atoms with E-state index in [9.17, 15) is 4.21 Å². The van der Waals surface area contributed by atoms with Crippen LogP contribution in [0.3, 0.4) is 0 Å². The van der Waals surface area contributed by atoms with Crippen molar-refractivity contribution in [2.45, 2.75) is 18.9 Å². The molecule has 0 saturated heterocycles. The molecule has 0 aliphatic carbocycles. The van der Waals surface area contributed by atoms with Crippen molar-refractivity contribution in [3.8, 4) is 12.1 Å². The molecular formula is C11H11N5O2S. The van der Waals surface area contributed by atoms with Gasteiger partial charge in [-0.25, -0.2) is 4.98 Å². The van der Waals surface area contributed by atoms with E-state index in [1.54, 1.807) is 26.0 Å². The maximum atomic E-state index is 11.8. The SMILES string of the molecule is CCS(=O)c1nc(/C(C#N)=N/OCC#N)cnc1C. The number of nitrogens with zero attached hydrogens (tertiary/aromatic N) is 5. The van der Waals surface area contributed by atoms with Crippen molar-refractivity contribution in [3.63, 3.8) is 0 Å². The standard InChI is InChI=1S/C11H11N5O2S/c1-3-19(17)11-8(2)14-7-10(15-11)9(6-13)16-18-5-4-12/h7H,3,5H2,1-2H3/b16-9+. The summed E-state index contributed by atoms with van der Waals surface area (Å²) in [5.41, 5.74) is 0.596. The number of rotatable bonds is 5. The van der Waals surface area contributed by atoms with Gasteiger partial charge in [-0.15, -0.1) is 0 Å². The third-order valence-electron chi connectivity index (χ3n) is 2.02. The third kappa shape index (κ3) is 3.83. The van der Waals surface area contributed by atoms with E-state index in [1.807, 2.05) is 0 Å². The lowest BCUT2D eigenvalue weighted by molar-refractivity contribution is 0.179. The molecule has 1 heterocycles. The van der Waals surface area contributed by atoms with Crippen molar-refractivity contribution in [2.24, 2.45) is 5.16 Å². The van der Waals surface area contributed by atoms with E-state index in [1.165, 1.54) is 6.20 Å². The molecule has 1 unspecified atom stereocenters. The molecular weight excluding hydrogens is 266 g/mol. The summed E-state index contributed by atoms with van der Waals surface area (Å²) in [6.07, 6.45) is 1.35. The van der Waals surface area contributed by atoms with Gasteiger partial charge >= 0.3 is 0 Å². The third-order valence-corrected chi connectivity index (χ3v) is 3.37. The number of aryl methyl sites for hydroxylation is 1. The summed E-state index contributed by atoms with van der Waals surface area (Å²) in [5.74, 6) is 0.406. The molecule has 0 aliphatic rings. The van der Waals surface area contributed by atoms with Crippen molar-refractivity contribution in [1.82, 2.24) is 9.97 Å². The Kier molecular flexibility index (Phi) is 5.58. The van der Waals surface area contributed by atoms with Crippen LogP contribution in [-0.4, -0.2) is 32.2 Å². The molecule has 0 saturated carbocycles. The van der Waals surface area contributed by atoms with Gasteiger partial charge < -0.3 is 4.84 Å². The number of oxime groups is 1. The van der Waals surface area contributed by atoms with Crippen molar-refractivity contribution >= 4 is 16.5 Å². The monoisotopic (exact) mass is 277 g/mol. The molecule has 0 bridgehead atoms. The molecule has 8 heteroatoms. The van der Waals surface area contributed by atoms with E-state index in [0.29, 0.717) is 16.5 Å². The van der Waals surface area contributed by atoms with E-state index < -0.39 is 10.8 Å². The highest BCUT2D eigenvalue weighted by Crippen LogP contribution is 2.09. The van der Waals surface area contributed by atoms with Gasteiger partial charge in [0.05, 0.1) is 22.7 Å². The normalized spacial score (nSPS) is 12.3. The van der Waals surface area contributed by atoms with Gasteiger partial charge in [-0.05, 0) is 6.92 Å². The molecule has 1 aromatic heterocycles. The molecule has 0 spiro atoms. The summed E-state index contributed by atoms with van der Waals surface area (Å²) in [7, 11) is -1.27. The van der Waals surface area contributed by atoms with Gasteiger partial charge in [0.1, 0.15) is 22.9 Å². The first-order chi connectivity index (χ1) is 9.13. The van der Waals surface area contributed by atoms with Gasteiger partial charge in [0.25, 0.3) is 0 Å². The van der Waals surface area contributed by atoms with E-state index in [4.69, 9.17) is 10.5 Å². The van der Waals surface area contributed by atoms with E-state index in [0.717, 1.165) is 0 Å². The fourth-order valence-corrected chi connectivity index (χ4v) is 2.00. The maximum absolute atomic E-state index is 11.8. The van der Waals surface area contributed by atoms with E-state index in [2.05, 4.69) is 20.0 Å². The van der Waals surface area contributed by atoms with Crippen molar-refractivity contribution < 1.29 is 9.05 Å². The second kappa shape index (κ2) is 7.19. The zero-order valence-electron chi connectivity index (χ0n) is 10.5. The molecule has 0 N–H and O–H groups in total. The average Bonchev–Trinajstić information content (AvgIpc) is 2.44. The lowest BCUT2D eigenvalue weighted by Gasteiger charge is -2.04. The first-order valence-electron chi connectivity index (χ1n) is 5.33. The maximum Gasteiger partial charge on any atom is 0.206 e. The van der Waals surface area contributed by atoms with Gasteiger partial charge in [-0.2, -0.15) is 10.5 Å². The molecule has 0 fully saturated rings. The number of hydrogen-bond acceptors (Lipinski definition) is 7. The highest BCUT2D eigenvalue weighted by atomic mass is 32.2. The van der Waals surface area contributed by atoms with Crippen LogP contribution in [0.5, 0.6) is 0 Å². The van der Waals surface area contributed by atoms with Crippen molar-refractivity contribution in [1.29, 1.82) is 10.5 Å². The summed E-state index contributed by atoms with van der Waals surface area (Å²) in [6, 6.07) is 3.52. The van der Waals surface area contributed by atoms with Gasteiger partial charge in [0.15, 0.2) is 0 Å². The van der Waals surface area contributed by atoms with Crippen LogP contribution in [0.1, 0.15) is 18.3 Å². The van der Waals surface area contributed by atoms with Crippen molar-refractivity contribution in [3.05, 3.63) is 17.6 Å². The smallest absolute Gasteiger partial charge is 0.206 e. The van der Waals surface area contributed by atoms with Crippen molar-refractivity contribution in [2.75, 3.05) is 12.4 Å². The fraction of sp³-hybridized carbons (Fsp3) is 0.364. The van der Waals surface area contributed by atoms with Crippen LogP contribution < -0.4 is 0 Å². The van der Waals surface area contributed by atoms with E-state index in [-0.39, 0.29) is 18.0 Å². The predicted molar refractivity (Wildman–Crippen MR) is 67.4 cm³/mol. The lowest BCUT2D eigenvalue weighted by Crippen LogP contribution is -2.09. The van der Waals surface area contributed by atoms with Gasteiger partial charge in [-0.3, -0.25) is 9.19 Å². The Morgan fingerprint density at radius 1 is 1.58 bits per heavy atom. The zero-order valence-corrected chi connectivity index (χ0v) is 11.3. The Morgan fingerprint density at radius 3 is 2.89 bits per heavy atom. The summed E-state index contributed by atoms with van der Waals surface area (Å²) in [5, 5.41) is 21.1. The number of hydrogen-bond donors (Lipinski definition) is 0. The Balaban J connectivity index is 3.14. The van der Waals surface area contributed by atoms with Crippen LogP contribution in [-0.2, 0) is 15.6 Å². The van der Waals surface area contributed by atoms with Crippen LogP contribution in [0.15, 0.2) is 16.4 Å². The van der Waals surface area contributed by atoms with Crippen LogP contribution >= 0.6 is 0 Å². The molecule has 0 aliphatic heterocycles. The summed E-state index contributed by atoms with van der Waals surface area (Å²) >= 11 is 0. The highest BCUT2D eigenvalue weighted by molar-refractivity contribution is 7.84. The Bertz CT molecular complexity index is 600. The summed E-state index contributed by atoms with van der Waals surface area (Å²) < 4.78 is 11.8. The zero-order chi connectivity index (χ0) is 14.3. The van der Waals surface area contributed by atoms with Crippen LogP contribution in [0.25, 0.3) is 0 Å². The largest absolute Gasteiger partial charge is 0.379 e.